The first-order valence-electron chi connectivity index (χ1n) is 19.8. The zero-order valence-corrected chi connectivity index (χ0v) is 31.4. The lowest BCUT2D eigenvalue weighted by Crippen LogP contribution is -2.01. The van der Waals surface area contributed by atoms with Crippen LogP contribution >= 0.6 is 0 Å². The van der Waals surface area contributed by atoms with Gasteiger partial charge in [0.15, 0.2) is 23.1 Å². The molecule has 4 heterocycles. The van der Waals surface area contributed by atoms with E-state index in [9.17, 15) is 0 Å². The molecule has 0 spiro atoms. The summed E-state index contributed by atoms with van der Waals surface area (Å²) in [6.45, 7) is 0. The Balaban J connectivity index is 1.13. The van der Waals surface area contributed by atoms with Crippen LogP contribution in [0.2, 0.25) is 0 Å². The lowest BCUT2D eigenvalue weighted by atomic mass is 10.0. The first-order valence-corrected chi connectivity index (χ1v) is 19.8. The summed E-state index contributed by atoms with van der Waals surface area (Å²) >= 11 is 0. The van der Waals surface area contributed by atoms with E-state index in [0.717, 1.165) is 77.3 Å². The van der Waals surface area contributed by atoms with Crippen LogP contribution in [-0.2, 0) is 0 Å². The Kier molecular flexibility index (Phi) is 6.63. The van der Waals surface area contributed by atoms with Crippen LogP contribution in [0, 0.1) is 0 Å². The minimum Gasteiger partial charge on any atom is -0.456 e. The highest BCUT2D eigenvalue weighted by atomic mass is 16.3. The lowest BCUT2D eigenvalue weighted by molar-refractivity contribution is 0.666. The number of benzene rings is 9. The number of nitrogens with zero attached hydrogens (tertiary/aromatic N) is 4. The maximum absolute atomic E-state index is 6.84. The fourth-order valence-corrected chi connectivity index (χ4v) is 8.97. The van der Waals surface area contributed by atoms with Gasteiger partial charge in [-0.1, -0.05) is 115 Å². The maximum atomic E-state index is 6.84. The average molecular weight is 755 g/mol. The van der Waals surface area contributed by atoms with Crippen LogP contribution in [0.4, 0.5) is 0 Å². The van der Waals surface area contributed by atoms with Gasteiger partial charge in [0.05, 0.1) is 16.7 Å². The number of para-hydroxylation sites is 2. The third kappa shape index (κ3) is 4.90. The summed E-state index contributed by atoms with van der Waals surface area (Å²) in [5.74, 6) is 1.74. The second kappa shape index (κ2) is 12.2. The highest BCUT2D eigenvalue weighted by molar-refractivity contribution is 6.18. The third-order valence-corrected chi connectivity index (χ3v) is 11.8. The molecular weight excluding hydrogens is 725 g/mol. The van der Waals surface area contributed by atoms with Gasteiger partial charge < -0.3 is 13.4 Å². The second-order valence-electron chi connectivity index (χ2n) is 15.2. The van der Waals surface area contributed by atoms with Gasteiger partial charge in [0.25, 0.3) is 0 Å². The van der Waals surface area contributed by atoms with Crippen LogP contribution in [0.1, 0.15) is 0 Å². The lowest BCUT2D eigenvalue weighted by Gasteiger charge is -2.13. The van der Waals surface area contributed by atoms with Gasteiger partial charge in [-0.3, -0.25) is 0 Å². The molecule has 0 unspecified atom stereocenters. The molecule has 59 heavy (non-hydrogen) atoms. The molecule has 0 aliphatic heterocycles. The molecule has 0 radical (unpaired) electrons. The van der Waals surface area contributed by atoms with Gasteiger partial charge in [-0.2, -0.15) is 0 Å². The van der Waals surface area contributed by atoms with Crippen molar-refractivity contribution in [3.63, 3.8) is 0 Å². The van der Waals surface area contributed by atoms with Crippen molar-refractivity contribution in [2.75, 3.05) is 0 Å². The SMILES string of the molecule is c1ccc(-c2nc(-c3ccc4oc5ccccc5c4c3)nc(-c3cc(-n4c5cc6ccccc6cc5c5cc6ccccc6cc54)c4oc5ccccc5c4c3)n2)cc1. The van der Waals surface area contributed by atoms with Crippen molar-refractivity contribution in [2.45, 2.75) is 0 Å². The fourth-order valence-electron chi connectivity index (χ4n) is 8.97. The topological polar surface area (TPSA) is 69.9 Å². The predicted molar refractivity (Wildman–Crippen MR) is 240 cm³/mol. The predicted octanol–water partition coefficient (Wildman–Crippen LogP) is 14.1. The largest absolute Gasteiger partial charge is 0.456 e. The van der Waals surface area contributed by atoms with Gasteiger partial charge in [0.2, 0.25) is 0 Å². The van der Waals surface area contributed by atoms with Crippen molar-refractivity contribution in [3.8, 4) is 39.9 Å². The molecule has 0 atom stereocenters. The Morgan fingerprint density at radius 1 is 0.322 bits per heavy atom. The summed E-state index contributed by atoms with van der Waals surface area (Å²) < 4.78 is 15.4. The van der Waals surface area contributed by atoms with Crippen LogP contribution in [-0.4, -0.2) is 19.5 Å². The van der Waals surface area contributed by atoms with E-state index in [-0.39, 0.29) is 0 Å². The second-order valence-corrected chi connectivity index (χ2v) is 15.2. The van der Waals surface area contributed by atoms with Gasteiger partial charge >= 0.3 is 0 Å². The van der Waals surface area contributed by atoms with Crippen molar-refractivity contribution < 1.29 is 8.83 Å². The van der Waals surface area contributed by atoms with Gasteiger partial charge in [-0.15, -0.1) is 0 Å². The Morgan fingerprint density at radius 3 is 1.47 bits per heavy atom. The molecule has 9 aromatic carbocycles. The van der Waals surface area contributed by atoms with Crippen LogP contribution in [0.15, 0.2) is 191 Å². The van der Waals surface area contributed by atoms with E-state index in [4.69, 9.17) is 23.8 Å². The molecule has 13 aromatic rings. The van der Waals surface area contributed by atoms with E-state index < -0.39 is 0 Å². The molecule has 6 heteroatoms. The highest BCUT2D eigenvalue weighted by Crippen LogP contribution is 2.43. The molecule has 6 nitrogen and oxygen atoms in total. The molecule has 0 aliphatic carbocycles. The first kappa shape index (κ1) is 32.0. The minimum absolute atomic E-state index is 0.566. The monoisotopic (exact) mass is 754 g/mol. The van der Waals surface area contributed by atoms with Crippen molar-refractivity contribution >= 4 is 87.2 Å². The summed E-state index contributed by atoms with van der Waals surface area (Å²) in [4.78, 5) is 15.6. The van der Waals surface area contributed by atoms with E-state index in [0.29, 0.717) is 17.5 Å². The summed E-state index contributed by atoms with van der Waals surface area (Å²) in [5.41, 5.74) is 9.01. The Morgan fingerprint density at radius 2 is 0.814 bits per heavy atom. The molecule has 0 N–H and O–H groups in total. The molecule has 0 amide bonds. The van der Waals surface area contributed by atoms with E-state index in [1.165, 1.54) is 32.3 Å². The van der Waals surface area contributed by atoms with Gasteiger partial charge in [-0.25, -0.2) is 15.0 Å². The smallest absolute Gasteiger partial charge is 0.164 e. The molecule has 13 rings (SSSR count). The molecule has 4 aromatic heterocycles. The first-order chi connectivity index (χ1) is 29.2. The fraction of sp³-hybridized carbons (Fsp3) is 0. The molecule has 0 saturated carbocycles. The van der Waals surface area contributed by atoms with Crippen LogP contribution in [0.5, 0.6) is 0 Å². The van der Waals surface area contributed by atoms with E-state index in [1.54, 1.807) is 0 Å². The Bertz CT molecular complexity index is 3760. The van der Waals surface area contributed by atoms with E-state index in [2.05, 4.69) is 114 Å². The zero-order chi connectivity index (χ0) is 38.6. The Labute approximate surface area is 336 Å². The summed E-state index contributed by atoms with van der Waals surface area (Å²) in [6.07, 6.45) is 0. The average Bonchev–Trinajstić information content (AvgIpc) is 3.96. The molecule has 0 saturated heterocycles. The van der Waals surface area contributed by atoms with E-state index >= 15 is 0 Å². The van der Waals surface area contributed by atoms with Crippen molar-refractivity contribution in [1.29, 1.82) is 0 Å². The maximum Gasteiger partial charge on any atom is 0.164 e. The highest BCUT2D eigenvalue weighted by Gasteiger charge is 2.22. The number of hydrogen-bond acceptors (Lipinski definition) is 5. The van der Waals surface area contributed by atoms with Crippen LogP contribution < -0.4 is 0 Å². The standard InChI is InChI=1S/C53H30N4O2/c1-2-12-31(13-3-1)51-54-52(36-22-23-49-42(26-36)38-18-8-10-20-47(38)58-49)56-53(55-51)37-27-43-39-19-9-11-21-48(39)59-50(43)46(30-37)57-44-28-34-16-6-4-14-32(34)24-40(44)41-25-33-15-5-7-17-35(33)29-45(41)57/h1-30H. The molecule has 0 aliphatic rings. The minimum atomic E-state index is 0.566. The molecule has 274 valence electrons. The van der Waals surface area contributed by atoms with Gasteiger partial charge in [0, 0.05) is 49.0 Å². The van der Waals surface area contributed by atoms with Gasteiger partial charge in [-0.05, 0) is 88.3 Å². The molecule has 0 fully saturated rings. The van der Waals surface area contributed by atoms with Crippen molar-refractivity contribution in [1.82, 2.24) is 19.5 Å². The summed E-state index contributed by atoms with van der Waals surface area (Å²) in [5, 5.41) is 11.2. The summed E-state index contributed by atoms with van der Waals surface area (Å²) in [7, 11) is 0. The number of fused-ring (bicyclic) bond motifs is 11. The third-order valence-electron chi connectivity index (χ3n) is 11.8. The van der Waals surface area contributed by atoms with E-state index in [1.807, 2.05) is 72.8 Å². The number of furan rings is 2. The van der Waals surface area contributed by atoms with Crippen LogP contribution in [0.3, 0.4) is 0 Å². The number of rotatable bonds is 4. The zero-order valence-electron chi connectivity index (χ0n) is 31.4. The van der Waals surface area contributed by atoms with Gasteiger partial charge in [0.1, 0.15) is 16.7 Å². The number of aromatic nitrogens is 4. The quantitative estimate of drug-likeness (QED) is 0.179. The molecule has 0 bridgehead atoms. The molecular formula is C53H30N4O2. The van der Waals surface area contributed by atoms with Crippen molar-refractivity contribution in [3.05, 3.63) is 182 Å². The normalized spacial score (nSPS) is 12.1. The van der Waals surface area contributed by atoms with Crippen LogP contribution in [0.25, 0.3) is 127 Å². The number of hydrogen-bond donors (Lipinski definition) is 0. The summed E-state index contributed by atoms with van der Waals surface area (Å²) in [6, 6.07) is 63.4. The van der Waals surface area contributed by atoms with Crippen molar-refractivity contribution in [2.24, 2.45) is 0 Å². The Hall–Kier alpha value is -8.09.